The normalized spacial score (nSPS) is 27.1. The van der Waals surface area contributed by atoms with E-state index in [1.54, 1.807) is 13.3 Å². The van der Waals surface area contributed by atoms with E-state index in [9.17, 15) is 4.79 Å². The molecule has 26 heavy (non-hydrogen) atoms. The zero-order valence-corrected chi connectivity index (χ0v) is 15.1. The largest absolute Gasteiger partial charge is 0.496 e. The van der Waals surface area contributed by atoms with E-state index in [-0.39, 0.29) is 11.9 Å². The van der Waals surface area contributed by atoms with Crippen LogP contribution in [0.4, 0.5) is 0 Å². The van der Waals surface area contributed by atoms with Gasteiger partial charge in [0.15, 0.2) is 0 Å². The van der Waals surface area contributed by atoms with Crippen molar-refractivity contribution in [2.75, 3.05) is 20.2 Å². The molecule has 0 saturated carbocycles. The van der Waals surface area contributed by atoms with Crippen LogP contribution in [0.25, 0.3) is 0 Å². The van der Waals surface area contributed by atoms with Crippen molar-refractivity contribution in [2.24, 2.45) is 5.92 Å². The lowest BCUT2D eigenvalue weighted by molar-refractivity contribution is 0.0135. The molecule has 1 aromatic carbocycles. The molecule has 1 amide bonds. The Morgan fingerprint density at radius 2 is 2.04 bits per heavy atom. The van der Waals surface area contributed by atoms with Gasteiger partial charge >= 0.3 is 0 Å². The van der Waals surface area contributed by atoms with E-state index in [1.165, 1.54) is 5.56 Å². The van der Waals surface area contributed by atoms with Crippen LogP contribution in [0.1, 0.15) is 28.8 Å². The smallest absolute Gasteiger partial charge is 0.255 e. The number of amides is 1. The minimum absolute atomic E-state index is 0.0441. The fourth-order valence-electron chi connectivity index (χ4n) is 4.44. The van der Waals surface area contributed by atoms with Crippen molar-refractivity contribution >= 4 is 5.91 Å². The first-order valence-corrected chi connectivity index (χ1v) is 9.33. The van der Waals surface area contributed by atoms with Crippen LogP contribution in [-0.4, -0.2) is 48.1 Å². The maximum absolute atomic E-state index is 12.9. The lowest BCUT2D eigenvalue weighted by atomic mass is 9.76. The summed E-state index contributed by atoms with van der Waals surface area (Å²) in [6.45, 7) is 2.24. The van der Waals surface area contributed by atoms with Gasteiger partial charge < -0.3 is 10.1 Å². The van der Waals surface area contributed by atoms with Crippen LogP contribution in [0, 0.1) is 5.92 Å². The monoisotopic (exact) mass is 351 g/mol. The molecule has 3 fully saturated rings. The molecule has 2 atom stereocenters. The minimum atomic E-state index is -0.0441. The second kappa shape index (κ2) is 7.46. The SMILES string of the molecule is COc1ccccc1C(=O)N[C@H]1C2CCN(CC2)[C@H]1Cc1cccnc1. The van der Waals surface area contributed by atoms with E-state index in [1.807, 2.05) is 36.5 Å². The lowest BCUT2D eigenvalue weighted by Crippen LogP contribution is -2.64. The Morgan fingerprint density at radius 3 is 2.77 bits per heavy atom. The molecule has 3 saturated heterocycles. The summed E-state index contributed by atoms with van der Waals surface area (Å²) in [5, 5.41) is 3.33. The molecule has 5 rings (SSSR count). The quantitative estimate of drug-likeness (QED) is 0.899. The highest BCUT2D eigenvalue weighted by atomic mass is 16.5. The number of aromatic nitrogens is 1. The van der Waals surface area contributed by atoms with Crippen molar-refractivity contribution in [3.63, 3.8) is 0 Å². The molecule has 4 heterocycles. The Labute approximate surface area is 154 Å². The number of para-hydroxylation sites is 1. The van der Waals surface area contributed by atoms with E-state index in [0.717, 1.165) is 32.4 Å². The van der Waals surface area contributed by atoms with Gasteiger partial charge in [-0.3, -0.25) is 14.7 Å². The predicted octanol–water partition coefficient (Wildman–Crippen LogP) is 2.53. The summed E-state index contributed by atoms with van der Waals surface area (Å²) in [4.78, 5) is 19.7. The Balaban J connectivity index is 1.55. The number of carbonyl (C=O) groups excluding carboxylic acids is 1. The highest BCUT2D eigenvalue weighted by molar-refractivity contribution is 5.97. The molecule has 0 unspecified atom stereocenters. The zero-order valence-electron chi connectivity index (χ0n) is 15.1. The summed E-state index contributed by atoms with van der Waals surface area (Å²) in [6, 6.07) is 12.0. The van der Waals surface area contributed by atoms with Gasteiger partial charge in [-0.25, -0.2) is 0 Å². The van der Waals surface area contributed by atoms with Crippen LogP contribution in [-0.2, 0) is 6.42 Å². The van der Waals surface area contributed by atoms with Crippen molar-refractivity contribution in [2.45, 2.75) is 31.3 Å². The first-order chi connectivity index (χ1) is 12.8. The van der Waals surface area contributed by atoms with Crippen molar-refractivity contribution in [1.82, 2.24) is 15.2 Å². The van der Waals surface area contributed by atoms with Gasteiger partial charge in [0.25, 0.3) is 5.91 Å². The minimum Gasteiger partial charge on any atom is -0.496 e. The van der Waals surface area contributed by atoms with Crippen LogP contribution < -0.4 is 10.1 Å². The number of benzene rings is 1. The standard InChI is InChI=1S/C21H25N3O2/c1-26-19-7-3-2-6-17(19)21(25)23-20-16-8-11-24(12-9-16)18(20)13-15-5-4-10-22-14-15/h2-7,10,14,16,18,20H,8-9,11-13H2,1H3,(H,23,25)/t18-,20-/m0/s1. The number of hydrogen-bond donors (Lipinski definition) is 1. The molecule has 136 valence electrons. The number of carbonyl (C=O) groups is 1. The van der Waals surface area contributed by atoms with Crippen LogP contribution in [0.2, 0.25) is 0 Å². The third-order valence-corrected chi connectivity index (χ3v) is 5.78. The molecule has 2 aromatic rings. The second-order valence-corrected chi connectivity index (χ2v) is 7.21. The van der Waals surface area contributed by atoms with Crippen LogP contribution in [0.5, 0.6) is 5.75 Å². The van der Waals surface area contributed by atoms with Crippen molar-refractivity contribution in [3.8, 4) is 5.75 Å². The molecule has 1 aromatic heterocycles. The lowest BCUT2D eigenvalue weighted by Gasteiger charge is -2.51. The van der Waals surface area contributed by atoms with Gasteiger partial charge in [-0.15, -0.1) is 0 Å². The summed E-state index contributed by atoms with van der Waals surface area (Å²) in [6.07, 6.45) is 6.96. The highest BCUT2D eigenvalue weighted by Gasteiger charge is 2.42. The Bertz CT molecular complexity index is 757. The molecule has 3 aliphatic rings. The summed E-state index contributed by atoms with van der Waals surface area (Å²) in [5.41, 5.74) is 1.83. The van der Waals surface area contributed by atoms with E-state index in [4.69, 9.17) is 4.74 Å². The summed E-state index contributed by atoms with van der Waals surface area (Å²) in [5.74, 6) is 1.12. The zero-order chi connectivity index (χ0) is 17.9. The second-order valence-electron chi connectivity index (χ2n) is 7.21. The molecule has 1 N–H and O–H groups in total. The van der Waals surface area contributed by atoms with E-state index >= 15 is 0 Å². The van der Waals surface area contributed by atoms with Crippen molar-refractivity contribution < 1.29 is 9.53 Å². The number of nitrogens with zero attached hydrogens (tertiary/aromatic N) is 2. The van der Waals surface area contributed by atoms with E-state index in [2.05, 4.69) is 21.3 Å². The average Bonchev–Trinajstić information content (AvgIpc) is 2.71. The van der Waals surface area contributed by atoms with Gasteiger partial charge in [0.2, 0.25) is 0 Å². The number of piperidine rings is 3. The molecule has 3 aliphatic heterocycles. The fraction of sp³-hybridized carbons (Fsp3) is 0.429. The number of fused-ring (bicyclic) bond motifs is 3. The summed E-state index contributed by atoms with van der Waals surface area (Å²) < 4.78 is 5.36. The molecule has 2 bridgehead atoms. The number of methoxy groups -OCH3 is 1. The number of ether oxygens (including phenoxy) is 1. The van der Waals surface area contributed by atoms with Gasteiger partial charge in [0.1, 0.15) is 5.75 Å². The van der Waals surface area contributed by atoms with Gasteiger partial charge in [-0.1, -0.05) is 18.2 Å². The third kappa shape index (κ3) is 3.31. The van der Waals surface area contributed by atoms with Crippen molar-refractivity contribution in [1.29, 1.82) is 0 Å². The van der Waals surface area contributed by atoms with Crippen LogP contribution >= 0.6 is 0 Å². The topological polar surface area (TPSA) is 54.5 Å². The first-order valence-electron chi connectivity index (χ1n) is 9.33. The number of nitrogens with one attached hydrogen (secondary N) is 1. The van der Waals surface area contributed by atoms with Gasteiger partial charge in [0, 0.05) is 24.5 Å². The van der Waals surface area contributed by atoms with Gasteiger partial charge in [-0.05, 0) is 62.0 Å². The summed E-state index contributed by atoms with van der Waals surface area (Å²) in [7, 11) is 1.60. The fourth-order valence-corrected chi connectivity index (χ4v) is 4.44. The number of hydrogen-bond acceptors (Lipinski definition) is 4. The Kier molecular flexibility index (Phi) is 4.89. The van der Waals surface area contributed by atoms with Gasteiger partial charge in [0.05, 0.1) is 12.7 Å². The van der Waals surface area contributed by atoms with Gasteiger partial charge in [-0.2, -0.15) is 0 Å². The maximum atomic E-state index is 12.9. The maximum Gasteiger partial charge on any atom is 0.255 e. The molecular formula is C21H25N3O2. The Morgan fingerprint density at radius 1 is 1.23 bits per heavy atom. The molecular weight excluding hydrogens is 326 g/mol. The number of pyridine rings is 1. The molecule has 5 heteroatoms. The van der Waals surface area contributed by atoms with E-state index in [0.29, 0.717) is 23.3 Å². The van der Waals surface area contributed by atoms with Crippen molar-refractivity contribution in [3.05, 3.63) is 59.9 Å². The molecule has 5 nitrogen and oxygen atoms in total. The van der Waals surface area contributed by atoms with Crippen LogP contribution in [0.15, 0.2) is 48.8 Å². The third-order valence-electron chi connectivity index (χ3n) is 5.78. The highest BCUT2D eigenvalue weighted by Crippen LogP contribution is 2.34. The molecule has 0 aliphatic carbocycles. The Hall–Kier alpha value is -2.40. The predicted molar refractivity (Wildman–Crippen MR) is 100 cm³/mol. The molecule has 0 spiro atoms. The van der Waals surface area contributed by atoms with Crippen LogP contribution in [0.3, 0.4) is 0 Å². The van der Waals surface area contributed by atoms with E-state index < -0.39 is 0 Å². The number of rotatable bonds is 5. The average molecular weight is 351 g/mol. The first kappa shape index (κ1) is 17.0. The summed E-state index contributed by atoms with van der Waals surface area (Å²) >= 11 is 0. The molecule has 0 radical (unpaired) electrons.